The summed E-state index contributed by atoms with van der Waals surface area (Å²) in [6.07, 6.45) is 5.95. The van der Waals surface area contributed by atoms with Crippen LogP contribution in [-0.4, -0.2) is 24.3 Å². The molecular formula is C29H31NO6. The first-order chi connectivity index (χ1) is 17.7. The molecule has 7 heteroatoms. The summed E-state index contributed by atoms with van der Waals surface area (Å²) in [5.74, 6) is 0.693. The van der Waals surface area contributed by atoms with Gasteiger partial charge in [0.2, 0.25) is 12.2 Å². The second-order valence-corrected chi connectivity index (χ2v) is 9.06. The summed E-state index contributed by atoms with van der Waals surface area (Å²) in [4.78, 5) is 13.3. The van der Waals surface area contributed by atoms with E-state index in [0.29, 0.717) is 24.5 Å². The minimum atomic E-state index is -1.22. The molecule has 0 N–H and O–H groups in total. The molecule has 0 spiro atoms. The average molecular weight is 490 g/mol. The maximum atomic E-state index is 13.3. The Bertz CT molecular complexity index is 1230. The van der Waals surface area contributed by atoms with Crippen molar-refractivity contribution >= 4 is 0 Å². The lowest BCUT2D eigenvalue weighted by atomic mass is 9.87. The lowest BCUT2D eigenvalue weighted by Crippen LogP contribution is -2.43. The van der Waals surface area contributed by atoms with Crippen molar-refractivity contribution < 1.29 is 23.7 Å². The van der Waals surface area contributed by atoms with E-state index in [9.17, 15) is 4.79 Å². The molecule has 3 heterocycles. The quantitative estimate of drug-likeness (QED) is 0.431. The molecule has 2 aromatic carbocycles. The highest BCUT2D eigenvalue weighted by molar-refractivity contribution is 5.41. The van der Waals surface area contributed by atoms with Gasteiger partial charge in [-0.1, -0.05) is 60.7 Å². The van der Waals surface area contributed by atoms with Crippen LogP contribution in [0.1, 0.15) is 36.1 Å². The van der Waals surface area contributed by atoms with Crippen LogP contribution in [0.3, 0.4) is 0 Å². The summed E-state index contributed by atoms with van der Waals surface area (Å²) in [6, 6.07) is 21.3. The Morgan fingerprint density at radius 3 is 2.42 bits per heavy atom. The number of nitrogens with zero attached hydrogens (tertiary/aromatic N) is 1. The third-order valence-corrected chi connectivity index (χ3v) is 6.49. The fourth-order valence-electron chi connectivity index (χ4n) is 4.75. The van der Waals surface area contributed by atoms with E-state index in [2.05, 4.69) is 0 Å². The van der Waals surface area contributed by atoms with Crippen LogP contribution in [0.5, 0.6) is 5.75 Å². The minimum absolute atomic E-state index is 0.0712. The number of hydrogen-bond acceptors (Lipinski definition) is 6. The van der Waals surface area contributed by atoms with Gasteiger partial charge >= 0.3 is 0 Å². The van der Waals surface area contributed by atoms with E-state index in [4.69, 9.17) is 23.7 Å². The molecule has 188 valence electrons. The molecule has 2 atom stereocenters. The zero-order valence-electron chi connectivity index (χ0n) is 20.4. The zero-order valence-corrected chi connectivity index (χ0v) is 20.4. The van der Waals surface area contributed by atoms with Crippen LogP contribution in [0.25, 0.3) is 0 Å². The minimum Gasteiger partial charge on any atom is -0.483 e. The number of pyridine rings is 1. The largest absolute Gasteiger partial charge is 0.483 e. The van der Waals surface area contributed by atoms with Crippen LogP contribution >= 0.6 is 0 Å². The number of rotatable bonds is 9. The van der Waals surface area contributed by atoms with Crippen molar-refractivity contribution in [3.05, 3.63) is 112 Å². The van der Waals surface area contributed by atoms with Crippen molar-refractivity contribution in [3.63, 3.8) is 0 Å². The monoisotopic (exact) mass is 489 g/mol. The van der Waals surface area contributed by atoms with Crippen LogP contribution in [0.15, 0.2) is 89.7 Å². The van der Waals surface area contributed by atoms with E-state index in [1.807, 2.05) is 72.3 Å². The number of aryl methyl sites for hydroxylation is 1. The molecular weight excluding hydrogens is 458 g/mol. The maximum absolute atomic E-state index is 13.3. The number of aromatic nitrogens is 1. The van der Waals surface area contributed by atoms with Gasteiger partial charge in [0, 0.05) is 32.3 Å². The van der Waals surface area contributed by atoms with Gasteiger partial charge in [-0.2, -0.15) is 0 Å². The zero-order chi connectivity index (χ0) is 24.8. The molecule has 7 nitrogen and oxygen atoms in total. The second kappa shape index (κ2) is 11.0. The molecule has 2 aliphatic rings. The number of benzene rings is 2. The van der Waals surface area contributed by atoms with E-state index in [1.165, 1.54) is 6.07 Å². The summed E-state index contributed by atoms with van der Waals surface area (Å²) in [6.45, 7) is 0.931. The molecule has 0 saturated carbocycles. The highest BCUT2D eigenvalue weighted by Gasteiger charge is 2.48. The normalized spacial score (nSPS) is 19.0. The van der Waals surface area contributed by atoms with E-state index >= 15 is 0 Å². The lowest BCUT2D eigenvalue weighted by molar-refractivity contribution is -0.229. The summed E-state index contributed by atoms with van der Waals surface area (Å²) in [5.41, 5.74) is 1.07. The fraction of sp³-hybridized carbons (Fsp3) is 0.345. The molecule has 36 heavy (non-hydrogen) atoms. The van der Waals surface area contributed by atoms with E-state index in [1.54, 1.807) is 12.5 Å². The Morgan fingerprint density at radius 1 is 1.00 bits per heavy atom. The van der Waals surface area contributed by atoms with Gasteiger partial charge in [-0.25, -0.2) is 0 Å². The Morgan fingerprint density at radius 2 is 1.75 bits per heavy atom. The predicted molar refractivity (Wildman–Crippen MR) is 134 cm³/mol. The highest BCUT2D eigenvalue weighted by Crippen LogP contribution is 2.44. The number of ether oxygens (including phenoxy) is 5. The van der Waals surface area contributed by atoms with Crippen molar-refractivity contribution in [2.24, 2.45) is 7.05 Å². The van der Waals surface area contributed by atoms with Crippen molar-refractivity contribution in [1.29, 1.82) is 0 Å². The van der Waals surface area contributed by atoms with Crippen LogP contribution in [-0.2, 0) is 44.6 Å². The SMILES string of the molecule is Cn1ccc(=O)c(OCc2ccccc2)c1C(Cc1ccccc1)(OC1CCCCO1)C1=COCO1. The number of hydrogen-bond donors (Lipinski definition) is 0. The Hall–Kier alpha value is -3.55. The Kier molecular flexibility index (Phi) is 7.39. The van der Waals surface area contributed by atoms with Crippen molar-refractivity contribution in [2.75, 3.05) is 13.4 Å². The van der Waals surface area contributed by atoms with E-state index in [-0.39, 0.29) is 24.6 Å². The third kappa shape index (κ3) is 5.17. The molecule has 0 amide bonds. The topological polar surface area (TPSA) is 68.2 Å². The van der Waals surface area contributed by atoms with Gasteiger partial charge < -0.3 is 28.3 Å². The van der Waals surface area contributed by atoms with Crippen LogP contribution < -0.4 is 10.2 Å². The maximum Gasteiger partial charge on any atom is 0.230 e. The second-order valence-electron chi connectivity index (χ2n) is 9.06. The molecule has 0 radical (unpaired) electrons. The first-order valence-electron chi connectivity index (χ1n) is 12.3. The molecule has 5 rings (SSSR count). The summed E-state index contributed by atoms with van der Waals surface area (Å²) in [5, 5.41) is 0. The summed E-state index contributed by atoms with van der Waals surface area (Å²) < 4.78 is 32.5. The molecule has 0 aliphatic carbocycles. The van der Waals surface area contributed by atoms with Crippen LogP contribution in [0, 0.1) is 0 Å². The Balaban J connectivity index is 1.65. The van der Waals surface area contributed by atoms with E-state index < -0.39 is 11.9 Å². The molecule has 2 unspecified atom stereocenters. The molecule has 3 aromatic rings. The first-order valence-corrected chi connectivity index (χ1v) is 12.3. The molecule has 1 saturated heterocycles. The smallest absolute Gasteiger partial charge is 0.230 e. The third-order valence-electron chi connectivity index (χ3n) is 6.49. The van der Waals surface area contributed by atoms with E-state index in [0.717, 1.165) is 30.4 Å². The van der Waals surface area contributed by atoms with Crippen molar-refractivity contribution in [3.8, 4) is 5.75 Å². The molecule has 2 aliphatic heterocycles. The van der Waals surface area contributed by atoms with Gasteiger partial charge in [0.1, 0.15) is 18.6 Å². The average Bonchev–Trinajstić information content (AvgIpc) is 3.46. The van der Waals surface area contributed by atoms with Crippen molar-refractivity contribution in [2.45, 2.75) is 44.2 Å². The Labute approximate surface area is 210 Å². The van der Waals surface area contributed by atoms with Crippen molar-refractivity contribution in [1.82, 2.24) is 4.57 Å². The van der Waals surface area contributed by atoms with Gasteiger partial charge in [-0.3, -0.25) is 4.79 Å². The standard InChI is InChI=1S/C29H31NO6/c1-30-16-15-24(31)27(34-19-23-12-6-3-7-13-23)28(30)29(25-20-32-21-35-25,18-22-10-4-2-5-11-22)36-26-14-8-9-17-33-26/h2-7,10-13,15-16,20,26H,8-9,14,17-19,21H2,1H3. The van der Waals surface area contributed by atoms with Gasteiger partial charge in [-0.15, -0.1) is 0 Å². The first kappa shape index (κ1) is 24.2. The highest BCUT2D eigenvalue weighted by atomic mass is 16.7. The molecule has 1 fully saturated rings. The van der Waals surface area contributed by atoms with Gasteiger partial charge in [0.25, 0.3) is 0 Å². The summed E-state index contributed by atoms with van der Waals surface area (Å²) in [7, 11) is 1.88. The van der Waals surface area contributed by atoms with Crippen LogP contribution in [0.2, 0.25) is 0 Å². The predicted octanol–water partition coefficient (Wildman–Crippen LogP) is 4.79. The van der Waals surface area contributed by atoms with Gasteiger partial charge in [0.05, 0.1) is 0 Å². The summed E-state index contributed by atoms with van der Waals surface area (Å²) >= 11 is 0. The fourth-order valence-corrected chi connectivity index (χ4v) is 4.75. The van der Waals surface area contributed by atoms with Crippen LogP contribution in [0.4, 0.5) is 0 Å². The molecule has 0 bridgehead atoms. The van der Waals surface area contributed by atoms with Gasteiger partial charge in [-0.05, 0) is 30.4 Å². The molecule has 1 aromatic heterocycles. The van der Waals surface area contributed by atoms with Gasteiger partial charge in [0.15, 0.2) is 23.4 Å². The lowest BCUT2D eigenvalue weighted by Gasteiger charge is -2.39.